The molecule has 0 spiro atoms. The number of nitrogens with zero attached hydrogens (tertiary/aromatic N) is 1. The zero-order valence-electron chi connectivity index (χ0n) is 12.2. The summed E-state index contributed by atoms with van der Waals surface area (Å²) >= 11 is 0. The summed E-state index contributed by atoms with van der Waals surface area (Å²) in [7, 11) is -3.39. The summed E-state index contributed by atoms with van der Waals surface area (Å²) in [4.78, 5) is 2.47. The fourth-order valence-electron chi connectivity index (χ4n) is 2.91. The predicted octanol–water partition coefficient (Wildman–Crippen LogP) is 1.33. The molecule has 1 aliphatic heterocycles. The van der Waals surface area contributed by atoms with Gasteiger partial charge in [0.2, 0.25) is 10.0 Å². The van der Waals surface area contributed by atoms with Crippen LogP contribution in [-0.2, 0) is 10.0 Å². The summed E-state index contributed by atoms with van der Waals surface area (Å²) in [5.74, 6) is 0.454. The number of aliphatic hydroxyl groups excluding tert-OH is 1. The third kappa shape index (κ3) is 3.07. The van der Waals surface area contributed by atoms with E-state index in [1.54, 1.807) is 12.1 Å². The molecule has 3 rings (SSSR count). The smallest absolute Gasteiger partial charge is 0.240 e. The lowest BCUT2D eigenvalue weighted by molar-refractivity contribution is 0.245. The van der Waals surface area contributed by atoms with E-state index in [2.05, 4.69) is 16.5 Å². The zero-order chi connectivity index (χ0) is 15.0. The van der Waals surface area contributed by atoms with Crippen molar-refractivity contribution >= 4 is 15.7 Å². The fraction of sp³-hybridized carbons (Fsp3) is 0.600. The molecule has 2 unspecified atom stereocenters. The number of sulfonamides is 1. The minimum atomic E-state index is -3.39. The van der Waals surface area contributed by atoms with Crippen molar-refractivity contribution in [1.29, 1.82) is 0 Å². The third-order valence-electron chi connectivity index (χ3n) is 4.45. The molecule has 0 radical (unpaired) electrons. The van der Waals surface area contributed by atoms with E-state index in [-0.39, 0.29) is 18.7 Å². The molecule has 0 aromatic heterocycles. The molecule has 1 aromatic carbocycles. The summed E-state index contributed by atoms with van der Waals surface area (Å²) in [5.41, 5.74) is 0.976. The maximum atomic E-state index is 12.1. The van der Waals surface area contributed by atoms with E-state index < -0.39 is 10.0 Å². The molecule has 1 heterocycles. The third-order valence-corrected chi connectivity index (χ3v) is 5.98. The number of benzene rings is 1. The van der Waals surface area contributed by atoms with Crippen LogP contribution in [0.15, 0.2) is 29.2 Å². The molecule has 1 aliphatic carbocycles. The first-order valence-corrected chi connectivity index (χ1v) is 8.99. The van der Waals surface area contributed by atoms with Gasteiger partial charge >= 0.3 is 0 Å². The van der Waals surface area contributed by atoms with Gasteiger partial charge in [-0.05, 0) is 49.4 Å². The molecule has 0 bridgehead atoms. The second kappa shape index (κ2) is 5.59. The van der Waals surface area contributed by atoms with Crippen molar-refractivity contribution in [2.75, 3.05) is 18.1 Å². The largest absolute Gasteiger partial charge is 0.394 e. The van der Waals surface area contributed by atoms with Crippen molar-refractivity contribution in [1.82, 2.24) is 4.72 Å². The number of anilines is 1. The van der Waals surface area contributed by atoms with Gasteiger partial charge in [0.05, 0.1) is 17.5 Å². The molecule has 1 saturated carbocycles. The maximum absolute atomic E-state index is 12.1. The van der Waals surface area contributed by atoms with E-state index in [0.717, 1.165) is 31.5 Å². The summed E-state index contributed by atoms with van der Waals surface area (Å²) in [5, 5.41) is 9.51. The molecule has 6 heteroatoms. The molecule has 2 atom stereocenters. The Bertz CT molecular complexity index is 596. The van der Waals surface area contributed by atoms with Gasteiger partial charge in [-0.2, -0.15) is 0 Å². The van der Waals surface area contributed by atoms with Crippen LogP contribution in [-0.4, -0.2) is 38.8 Å². The van der Waals surface area contributed by atoms with Crippen LogP contribution in [0.25, 0.3) is 0 Å². The monoisotopic (exact) mass is 310 g/mol. The molecule has 1 aromatic rings. The molecule has 116 valence electrons. The van der Waals surface area contributed by atoms with Crippen molar-refractivity contribution < 1.29 is 13.5 Å². The Kier molecular flexibility index (Phi) is 3.94. The number of aliphatic hydroxyl groups is 1. The Balaban J connectivity index is 1.77. The van der Waals surface area contributed by atoms with Gasteiger partial charge in [-0.3, -0.25) is 0 Å². The molecular formula is C15H22N2O3S. The number of rotatable bonds is 5. The quantitative estimate of drug-likeness (QED) is 0.861. The lowest BCUT2D eigenvalue weighted by Crippen LogP contribution is -2.35. The van der Waals surface area contributed by atoms with Gasteiger partial charge in [0.1, 0.15) is 0 Å². The van der Waals surface area contributed by atoms with Gasteiger partial charge in [0, 0.05) is 18.3 Å². The lowest BCUT2D eigenvalue weighted by Gasteiger charge is -2.27. The second-order valence-electron chi connectivity index (χ2n) is 6.10. The normalized spacial score (nSPS) is 26.3. The highest BCUT2D eigenvalue weighted by Gasteiger charge is 2.31. The van der Waals surface area contributed by atoms with Crippen molar-refractivity contribution in [3.05, 3.63) is 24.3 Å². The molecule has 21 heavy (non-hydrogen) atoms. The topological polar surface area (TPSA) is 69.6 Å². The minimum Gasteiger partial charge on any atom is -0.394 e. The van der Waals surface area contributed by atoms with Crippen LogP contribution in [0.2, 0.25) is 0 Å². The predicted molar refractivity (Wildman–Crippen MR) is 81.8 cm³/mol. The van der Waals surface area contributed by atoms with E-state index >= 15 is 0 Å². The molecule has 2 fully saturated rings. The summed E-state index contributed by atoms with van der Waals surface area (Å²) in [6.45, 7) is 3.17. The van der Waals surface area contributed by atoms with Crippen molar-refractivity contribution in [2.45, 2.75) is 43.2 Å². The highest BCUT2D eigenvalue weighted by molar-refractivity contribution is 7.89. The van der Waals surface area contributed by atoms with Gasteiger partial charge in [0.15, 0.2) is 0 Å². The number of nitrogens with one attached hydrogen (secondary N) is 1. The molecule has 5 nitrogen and oxygen atoms in total. The summed E-state index contributed by atoms with van der Waals surface area (Å²) in [6, 6.07) is 7.21. The van der Waals surface area contributed by atoms with E-state index in [0.29, 0.717) is 10.8 Å². The highest BCUT2D eigenvalue weighted by atomic mass is 32.2. The van der Waals surface area contributed by atoms with Crippen molar-refractivity contribution in [3.8, 4) is 0 Å². The molecule has 1 saturated heterocycles. The van der Waals surface area contributed by atoms with Crippen LogP contribution in [0.5, 0.6) is 0 Å². The zero-order valence-corrected chi connectivity index (χ0v) is 13.0. The van der Waals surface area contributed by atoms with E-state index in [1.165, 1.54) is 0 Å². The van der Waals surface area contributed by atoms with Gasteiger partial charge in [-0.1, -0.05) is 6.92 Å². The lowest BCUT2D eigenvalue weighted by atomic mass is 10.0. The second-order valence-corrected chi connectivity index (χ2v) is 7.81. The van der Waals surface area contributed by atoms with E-state index in [4.69, 9.17) is 0 Å². The maximum Gasteiger partial charge on any atom is 0.240 e. The highest BCUT2D eigenvalue weighted by Crippen LogP contribution is 2.30. The Morgan fingerprint density at radius 3 is 2.48 bits per heavy atom. The number of hydrogen-bond acceptors (Lipinski definition) is 4. The van der Waals surface area contributed by atoms with Crippen LogP contribution in [0, 0.1) is 5.92 Å². The van der Waals surface area contributed by atoms with Gasteiger partial charge in [0.25, 0.3) is 0 Å². The van der Waals surface area contributed by atoms with Gasteiger partial charge in [-0.15, -0.1) is 0 Å². The average Bonchev–Trinajstić information content (AvgIpc) is 3.18. The first kappa shape index (κ1) is 14.8. The molecular weight excluding hydrogens is 288 g/mol. The van der Waals surface area contributed by atoms with Gasteiger partial charge in [-0.25, -0.2) is 13.1 Å². The molecule has 2 aliphatic rings. The standard InChI is InChI=1S/C15H22N2O3S/c1-11-8-9-17(15(11)10-18)13-4-6-14(7-5-13)21(19,20)16-12-2-3-12/h4-7,11-12,15-16,18H,2-3,8-10H2,1H3. The Morgan fingerprint density at radius 2 is 1.90 bits per heavy atom. The minimum absolute atomic E-state index is 0.118. The van der Waals surface area contributed by atoms with Crippen LogP contribution in [0.3, 0.4) is 0 Å². The van der Waals surface area contributed by atoms with E-state index in [9.17, 15) is 13.5 Å². The SMILES string of the molecule is CC1CCN(c2ccc(S(=O)(=O)NC3CC3)cc2)C1CO. The summed E-state index contributed by atoms with van der Waals surface area (Å²) < 4.78 is 26.9. The van der Waals surface area contributed by atoms with Crippen LogP contribution < -0.4 is 9.62 Å². The van der Waals surface area contributed by atoms with Crippen LogP contribution in [0.1, 0.15) is 26.2 Å². The first-order chi connectivity index (χ1) is 10.0. The number of hydrogen-bond donors (Lipinski definition) is 2. The summed E-state index contributed by atoms with van der Waals surface area (Å²) in [6.07, 6.45) is 2.91. The van der Waals surface area contributed by atoms with Crippen LogP contribution in [0.4, 0.5) is 5.69 Å². The van der Waals surface area contributed by atoms with E-state index in [1.807, 2.05) is 12.1 Å². The molecule has 2 N–H and O–H groups in total. The Morgan fingerprint density at radius 1 is 1.24 bits per heavy atom. The molecule has 0 amide bonds. The Labute approximate surface area is 126 Å². The average molecular weight is 310 g/mol. The Hall–Kier alpha value is -1.11. The fourth-order valence-corrected chi connectivity index (χ4v) is 4.22. The van der Waals surface area contributed by atoms with Crippen molar-refractivity contribution in [3.63, 3.8) is 0 Å². The van der Waals surface area contributed by atoms with Gasteiger partial charge < -0.3 is 10.0 Å². The first-order valence-electron chi connectivity index (χ1n) is 7.51. The van der Waals surface area contributed by atoms with Crippen molar-refractivity contribution in [2.24, 2.45) is 5.92 Å². The van der Waals surface area contributed by atoms with Crippen LogP contribution >= 0.6 is 0 Å².